The van der Waals surface area contributed by atoms with Crippen LogP contribution in [0.15, 0.2) is 24.7 Å². The Hall–Kier alpha value is -2.50. The molecule has 0 atom stereocenters. The minimum absolute atomic E-state index is 0.602. The van der Waals surface area contributed by atoms with Crippen molar-refractivity contribution in [2.45, 2.75) is 13.8 Å². The molecule has 0 saturated heterocycles. The van der Waals surface area contributed by atoms with E-state index in [0.717, 1.165) is 34.4 Å². The Bertz CT molecular complexity index is 718. The highest BCUT2D eigenvalue weighted by molar-refractivity contribution is 5.91. The molecule has 0 aliphatic carbocycles. The van der Waals surface area contributed by atoms with Crippen LogP contribution in [-0.4, -0.2) is 31.7 Å². The van der Waals surface area contributed by atoms with Gasteiger partial charge in [0.05, 0.1) is 17.3 Å². The van der Waals surface area contributed by atoms with Gasteiger partial charge < -0.3 is 5.32 Å². The molecule has 0 bridgehead atoms. The van der Waals surface area contributed by atoms with E-state index in [2.05, 4.69) is 30.5 Å². The molecule has 0 saturated carbocycles. The van der Waals surface area contributed by atoms with Crippen molar-refractivity contribution in [1.82, 2.24) is 25.1 Å². The van der Waals surface area contributed by atoms with Gasteiger partial charge in [0, 0.05) is 24.5 Å². The fraction of sp³-hybridized carbons (Fsp3) is 0.231. The topological polar surface area (TPSA) is 79.4 Å². The summed E-state index contributed by atoms with van der Waals surface area (Å²) in [5.41, 5.74) is 3.72. The van der Waals surface area contributed by atoms with Gasteiger partial charge in [-0.1, -0.05) is 0 Å². The van der Waals surface area contributed by atoms with Gasteiger partial charge in [0.25, 0.3) is 0 Å². The molecular weight excluding hydrogens is 240 g/mol. The largest absolute Gasteiger partial charge is 0.354 e. The SMILES string of the molecule is CCNc1nc(-c2ccncc2C)c2cn[nH]c2n1. The van der Waals surface area contributed by atoms with E-state index in [1.54, 1.807) is 12.4 Å². The summed E-state index contributed by atoms with van der Waals surface area (Å²) in [6, 6.07) is 1.96. The number of nitrogens with zero attached hydrogens (tertiary/aromatic N) is 4. The van der Waals surface area contributed by atoms with Crippen molar-refractivity contribution in [3.05, 3.63) is 30.2 Å². The zero-order valence-corrected chi connectivity index (χ0v) is 10.8. The van der Waals surface area contributed by atoms with Crippen LogP contribution in [0.4, 0.5) is 5.95 Å². The molecule has 3 aromatic heterocycles. The van der Waals surface area contributed by atoms with Gasteiger partial charge in [-0.25, -0.2) is 4.98 Å². The third-order valence-corrected chi connectivity index (χ3v) is 2.92. The van der Waals surface area contributed by atoms with Crippen molar-refractivity contribution in [2.24, 2.45) is 0 Å². The summed E-state index contributed by atoms with van der Waals surface area (Å²) in [4.78, 5) is 13.1. The average Bonchev–Trinajstić information content (AvgIpc) is 2.87. The molecule has 0 aliphatic heterocycles. The van der Waals surface area contributed by atoms with Gasteiger partial charge in [-0.05, 0) is 25.5 Å². The number of pyridine rings is 1. The van der Waals surface area contributed by atoms with Crippen LogP contribution >= 0.6 is 0 Å². The van der Waals surface area contributed by atoms with Crippen LogP contribution in [-0.2, 0) is 0 Å². The predicted octanol–water partition coefficient (Wildman–Crippen LogP) is 2.16. The minimum atomic E-state index is 0.602. The van der Waals surface area contributed by atoms with Crippen molar-refractivity contribution in [3.8, 4) is 11.3 Å². The maximum Gasteiger partial charge on any atom is 0.225 e. The van der Waals surface area contributed by atoms with Crippen LogP contribution in [0, 0.1) is 6.92 Å². The molecule has 0 aliphatic rings. The molecule has 0 radical (unpaired) electrons. The number of aromatic amines is 1. The van der Waals surface area contributed by atoms with Gasteiger partial charge in [0.1, 0.15) is 0 Å². The molecule has 2 N–H and O–H groups in total. The lowest BCUT2D eigenvalue weighted by Crippen LogP contribution is -2.03. The van der Waals surface area contributed by atoms with Gasteiger partial charge in [-0.3, -0.25) is 10.1 Å². The summed E-state index contributed by atoms with van der Waals surface area (Å²) in [6.07, 6.45) is 5.35. The molecule has 3 heterocycles. The minimum Gasteiger partial charge on any atom is -0.354 e. The molecule has 0 amide bonds. The predicted molar refractivity (Wildman–Crippen MR) is 73.8 cm³/mol. The molecule has 0 spiro atoms. The number of fused-ring (bicyclic) bond motifs is 1. The molecule has 6 heteroatoms. The summed E-state index contributed by atoms with van der Waals surface area (Å²) < 4.78 is 0. The number of nitrogens with one attached hydrogen (secondary N) is 2. The summed E-state index contributed by atoms with van der Waals surface area (Å²) in [5, 5.41) is 11.0. The molecular formula is C13H14N6. The first kappa shape index (κ1) is 11.6. The summed E-state index contributed by atoms with van der Waals surface area (Å²) in [7, 11) is 0. The molecule has 0 unspecified atom stereocenters. The monoisotopic (exact) mass is 254 g/mol. The highest BCUT2D eigenvalue weighted by atomic mass is 15.2. The molecule has 6 nitrogen and oxygen atoms in total. The Morgan fingerprint density at radius 1 is 1.26 bits per heavy atom. The molecule has 3 rings (SSSR count). The highest BCUT2D eigenvalue weighted by Gasteiger charge is 2.12. The molecule has 3 aromatic rings. The maximum absolute atomic E-state index is 4.58. The summed E-state index contributed by atoms with van der Waals surface area (Å²) >= 11 is 0. The van der Waals surface area contributed by atoms with Gasteiger partial charge in [-0.15, -0.1) is 0 Å². The third kappa shape index (κ3) is 2.01. The van der Waals surface area contributed by atoms with Gasteiger partial charge >= 0.3 is 0 Å². The molecule has 0 fully saturated rings. The Labute approximate surface area is 110 Å². The number of hydrogen-bond acceptors (Lipinski definition) is 5. The fourth-order valence-corrected chi connectivity index (χ4v) is 2.02. The molecule has 19 heavy (non-hydrogen) atoms. The van der Waals surface area contributed by atoms with E-state index < -0.39 is 0 Å². The van der Waals surface area contributed by atoms with Crippen molar-refractivity contribution in [1.29, 1.82) is 0 Å². The fourth-order valence-electron chi connectivity index (χ4n) is 2.02. The van der Waals surface area contributed by atoms with Crippen molar-refractivity contribution < 1.29 is 0 Å². The van der Waals surface area contributed by atoms with Crippen molar-refractivity contribution in [2.75, 3.05) is 11.9 Å². The molecule has 96 valence electrons. The lowest BCUT2D eigenvalue weighted by atomic mass is 10.1. The standard InChI is InChI=1S/C13H14N6/c1-3-15-13-17-11(9-4-5-14-6-8(9)2)10-7-16-19-12(10)18-13/h4-7H,3H2,1-2H3,(H2,15,16,17,18,19). The normalized spacial score (nSPS) is 10.8. The van der Waals surface area contributed by atoms with E-state index in [-0.39, 0.29) is 0 Å². The first-order valence-corrected chi connectivity index (χ1v) is 6.15. The summed E-state index contributed by atoms with van der Waals surface area (Å²) in [5.74, 6) is 0.602. The lowest BCUT2D eigenvalue weighted by molar-refractivity contribution is 1.07. The van der Waals surface area contributed by atoms with Crippen molar-refractivity contribution >= 4 is 17.0 Å². The van der Waals surface area contributed by atoms with Crippen LogP contribution in [0.2, 0.25) is 0 Å². The van der Waals surface area contributed by atoms with E-state index in [1.807, 2.05) is 26.1 Å². The quantitative estimate of drug-likeness (QED) is 0.748. The van der Waals surface area contributed by atoms with Crippen LogP contribution in [0.5, 0.6) is 0 Å². The van der Waals surface area contributed by atoms with Crippen LogP contribution < -0.4 is 5.32 Å². The number of aromatic nitrogens is 5. The van der Waals surface area contributed by atoms with Crippen molar-refractivity contribution in [3.63, 3.8) is 0 Å². The van der Waals surface area contributed by atoms with E-state index in [0.29, 0.717) is 5.95 Å². The second-order valence-electron chi connectivity index (χ2n) is 4.25. The second-order valence-corrected chi connectivity index (χ2v) is 4.25. The van der Waals surface area contributed by atoms with E-state index in [4.69, 9.17) is 0 Å². The number of rotatable bonds is 3. The maximum atomic E-state index is 4.58. The Kier molecular flexibility index (Phi) is 2.83. The van der Waals surface area contributed by atoms with Crippen LogP contribution in [0.1, 0.15) is 12.5 Å². The zero-order valence-electron chi connectivity index (χ0n) is 10.8. The number of hydrogen-bond donors (Lipinski definition) is 2. The lowest BCUT2D eigenvalue weighted by Gasteiger charge is -2.08. The number of anilines is 1. The Morgan fingerprint density at radius 2 is 2.16 bits per heavy atom. The number of aryl methyl sites for hydroxylation is 1. The Balaban J connectivity index is 2.26. The number of H-pyrrole nitrogens is 1. The first-order valence-electron chi connectivity index (χ1n) is 6.15. The van der Waals surface area contributed by atoms with E-state index >= 15 is 0 Å². The van der Waals surface area contributed by atoms with Gasteiger partial charge in [0.2, 0.25) is 5.95 Å². The second kappa shape index (κ2) is 4.64. The van der Waals surface area contributed by atoms with Crippen LogP contribution in [0.25, 0.3) is 22.3 Å². The average molecular weight is 254 g/mol. The highest BCUT2D eigenvalue weighted by Crippen LogP contribution is 2.27. The zero-order chi connectivity index (χ0) is 13.2. The molecule has 0 aromatic carbocycles. The van der Waals surface area contributed by atoms with E-state index in [9.17, 15) is 0 Å². The van der Waals surface area contributed by atoms with Gasteiger partial charge in [0.15, 0.2) is 5.65 Å². The smallest absolute Gasteiger partial charge is 0.225 e. The van der Waals surface area contributed by atoms with Crippen LogP contribution in [0.3, 0.4) is 0 Å². The Morgan fingerprint density at radius 3 is 2.95 bits per heavy atom. The third-order valence-electron chi connectivity index (χ3n) is 2.92. The van der Waals surface area contributed by atoms with Gasteiger partial charge in [-0.2, -0.15) is 10.1 Å². The first-order chi connectivity index (χ1) is 9.29. The summed E-state index contributed by atoms with van der Waals surface area (Å²) in [6.45, 7) is 4.80. The van der Waals surface area contributed by atoms with E-state index in [1.165, 1.54) is 0 Å².